The number of nitro groups is 1. The van der Waals surface area contributed by atoms with Crippen molar-refractivity contribution in [3.05, 3.63) is 80.9 Å². The summed E-state index contributed by atoms with van der Waals surface area (Å²) in [5, 5.41) is 14.7. The van der Waals surface area contributed by atoms with Crippen LogP contribution in [0.3, 0.4) is 0 Å². The number of fused-ring (bicyclic) bond motifs is 1. The Morgan fingerprint density at radius 1 is 1.19 bits per heavy atom. The molecule has 0 fully saturated rings. The van der Waals surface area contributed by atoms with Gasteiger partial charge < -0.3 is 14.5 Å². The number of halogens is 1. The first-order valence-electron chi connectivity index (χ1n) is 9.75. The van der Waals surface area contributed by atoms with Gasteiger partial charge in [0.15, 0.2) is 11.3 Å². The van der Waals surface area contributed by atoms with Crippen LogP contribution in [0.2, 0.25) is 5.02 Å². The topological polar surface area (TPSA) is 108 Å². The maximum Gasteiger partial charge on any atom is 0.311 e. The minimum Gasteiger partial charge on any atom is -0.487 e. The van der Waals surface area contributed by atoms with E-state index in [9.17, 15) is 14.9 Å². The number of anilines is 1. The molecule has 0 aliphatic carbocycles. The number of carbonyl (C=O) groups excluding carboxylic acids is 1. The lowest BCUT2D eigenvalue weighted by molar-refractivity contribution is -0.385. The van der Waals surface area contributed by atoms with E-state index < -0.39 is 10.8 Å². The molecular formula is C23H18ClN3O5. The van der Waals surface area contributed by atoms with Gasteiger partial charge in [0, 0.05) is 27.9 Å². The number of nitrogens with zero attached hydrogens (tertiary/aromatic N) is 2. The third-order valence-electron chi connectivity index (χ3n) is 4.80. The fraction of sp³-hybridized carbons (Fsp3) is 0.130. The van der Waals surface area contributed by atoms with Gasteiger partial charge in [-0.2, -0.15) is 0 Å². The summed E-state index contributed by atoms with van der Waals surface area (Å²) in [5.74, 6) is 0.0125. The first-order chi connectivity index (χ1) is 15.4. The molecule has 0 radical (unpaired) electrons. The standard InChI is InChI=1S/C23H18ClN3O5/c1-3-31-21-8-6-14(11-19(21)27(29)30)22(28)25-17-10-15(5-4-13(17)2)23-26-18-12-16(24)7-9-20(18)32-23/h4-12H,3H2,1-2H3,(H,25,28). The van der Waals surface area contributed by atoms with E-state index in [1.54, 1.807) is 31.2 Å². The Morgan fingerprint density at radius 3 is 2.75 bits per heavy atom. The van der Waals surface area contributed by atoms with Crippen LogP contribution in [0, 0.1) is 17.0 Å². The van der Waals surface area contributed by atoms with Crippen molar-refractivity contribution in [3.8, 4) is 17.2 Å². The van der Waals surface area contributed by atoms with E-state index in [0.717, 1.165) is 5.56 Å². The van der Waals surface area contributed by atoms with Crippen molar-refractivity contribution >= 4 is 40.0 Å². The number of hydrogen-bond donors (Lipinski definition) is 1. The lowest BCUT2D eigenvalue weighted by atomic mass is 10.1. The number of hydrogen-bond acceptors (Lipinski definition) is 6. The molecule has 0 bridgehead atoms. The van der Waals surface area contributed by atoms with Gasteiger partial charge in [-0.15, -0.1) is 0 Å². The number of nitro benzene ring substituents is 1. The highest BCUT2D eigenvalue weighted by Crippen LogP contribution is 2.31. The molecular weight excluding hydrogens is 434 g/mol. The predicted molar refractivity (Wildman–Crippen MR) is 121 cm³/mol. The van der Waals surface area contributed by atoms with E-state index in [1.165, 1.54) is 18.2 Å². The summed E-state index contributed by atoms with van der Waals surface area (Å²) in [6.45, 7) is 3.85. The third kappa shape index (κ3) is 4.26. The van der Waals surface area contributed by atoms with Gasteiger partial charge in [0.25, 0.3) is 5.91 Å². The van der Waals surface area contributed by atoms with Crippen LogP contribution < -0.4 is 10.1 Å². The highest BCUT2D eigenvalue weighted by molar-refractivity contribution is 6.31. The van der Waals surface area contributed by atoms with Crippen molar-refractivity contribution in [2.75, 3.05) is 11.9 Å². The van der Waals surface area contributed by atoms with Crippen LogP contribution in [-0.2, 0) is 0 Å². The molecule has 1 amide bonds. The van der Waals surface area contributed by atoms with Crippen molar-refractivity contribution in [2.45, 2.75) is 13.8 Å². The summed E-state index contributed by atoms with van der Waals surface area (Å²) in [4.78, 5) is 28.0. The van der Waals surface area contributed by atoms with Crippen LogP contribution in [0.5, 0.6) is 5.75 Å². The van der Waals surface area contributed by atoms with Crippen LogP contribution in [0.4, 0.5) is 11.4 Å². The normalized spacial score (nSPS) is 10.8. The van der Waals surface area contributed by atoms with Crippen LogP contribution >= 0.6 is 11.6 Å². The minimum atomic E-state index is -0.576. The van der Waals surface area contributed by atoms with Gasteiger partial charge >= 0.3 is 5.69 Å². The van der Waals surface area contributed by atoms with E-state index in [0.29, 0.717) is 33.3 Å². The lowest BCUT2D eigenvalue weighted by Crippen LogP contribution is -2.13. The van der Waals surface area contributed by atoms with E-state index >= 15 is 0 Å². The number of ether oxygens (including phenoxy) is 1. The number of rotatable bonds is 6. The van der Waals surface area contributed by atoms with Crippen molar-refractivity contribution < 1.29 is 18.9 Å². The number of aromatic nitrogens is 1. The van der Waals surface area contributed by atoms with E-state index in [1.807, 2.05) is 19.1 Å². The molecule has 3 aromatic carbocycles. The molecule has 0 atom stereocenters. The monoisotopic (exact) mass is 451 g/mol. The Hall–Kier alpha value is -3.91. The summed E-state index contributed by atoms with van der Waals surface area (Å²) in [5.41, 5.74) is 3.09. The van der Waals surface area contributed by atoms with Crippen LogP contribution in [0.15, 0.2) is 59.0 Å². The van der Waals surface area contributed by atoms with Gasteiger partial charge in [-0.05, 0) is 61.9 Å². The van der Waals surface area contributed by atoms with Gasteiger partial charge in [-0.25, -0.2) is 4.98 Å². The number of amides is 1. The Bertz CT molecular complexity index is 1350. The molecule has 8 nitrogen and oxygen atoms in total. The van der Waals surface area contributed by atoms with Gasteiger partial charge in [-0.1, -0.05) is 17.7 Å². The molecule has 162 valence electrons. The van der Waals surface area contributed by atoms with Crippen molar-refractivity contribution in [2.24, 2.45) is 0 Å². The Balaban J connectivity index is 1.63. The average molecular weight is 452 g/mol. The zero-order chi connectivity index (χ0) is 22.8. The molecule has 1 N–H and O–H groups in total. The molecule has 0 aliphatic heterocycles. The van der Waals surface area contributed by atoms with Gasteiger partial charge in [-0.3, -0.25) is 14.9 Å². The van der Waals surface area contributed by atoms with Crippen molar-refractivity contribution in [1.29, 1.82) is 0 Å². The quantitative estimate of drug-likeness (QED) is 0.284. The largest absolute Gasteiger partial charge is 0.487 e. The molecule has 0 saturated heterocycles. The number of carbonyl (C=O) groups is 1. The fourth-order valence-corrected chi connectivity index (χ4v) is 3.35. The molecule has 1 heterocycles. The molecule has 9 heteroatoms. The Labute approximate surface area is 187 Å². The van der Waals surface area contributed by atoms with Crippen molar-refractivity contribution in [3.63, 3.8) is 0 Å². The summed E-state index contributed by atoms with van der Waals surface area (Å²) in [6, 6.07) is 14.7. The Kier molecular flexibility index (Phi) is 5.79. The molecule has 32 heavy (non-hydrogen) atoms. The molecule has 0 unspecified atom stereocenters. The first-order valence-corrected chi connectivity index (χ1v) is 10.1. The van der Waals surface area contributed by atoms with Gasteiger partial charge in [0.05, 0.1) is 11.5 Å². The maximum atomic E-state index is 12.8. The molecule has 4 aromatic rings. The summed E-state index contributed by atoms with van der Waals surface area (Å²) in [6.07, 6.45) is 0. The van der Waals surface area contributed by atoms with Gasteiger partial charge in [0.1, 0.15) is 5.52 Å². The van der Waals surface area contributed by atoms with Crippen LogP contribution in [0.25, 0.3) is 22.6 Å². The number of nitrogens with one attached hydrogen (secondary N) is 1. The first kappa shape index (κ1) is 21.3. The maximum absolute atomic E-state index is 12.8. The number of benzene rings is 3. The van der Waals surface area contributed by atoms with Gasteiger partial charge in [0.2, 0.25) is 5.89 Å². The van der Waals surface area contributed by atoms with Crippen molar-refractivity contribution in [1.82, 2.24) is 4.98 Å². The second-order valence-electron chi connectivity index (χ2n) is 6.99. The van der Waals surface area contributed by atoms with Crippen LogP contribution in [-0.4, -0.2) is 22.4 Å². The molecule has 4 rings (SSSR count). The van der Waals surface area contributed by atoms with E-state index in [2.05, 4.69) is 10.3 Å². The lowest BCUT2D eigenvalue weighted by Gasteiger charge is -2.11. The van der Waals surface area contributed by atoms with Crippen LogP contribution in [0.1, 0.15) is 22.8 Å². The summed E-state index contributed by atoms with van der Waals surface area (Å²) < 4.78 is 11.1. The number of aryl methyl sites for hydroxylation is 1. The predicted octanol–water partition coefficient (Wildman–Crippen LogP) is 6.02. The average Bonchev–Trinajstić information content (AvgIpc) is 3.18. The zero-order valence-electron chi connectivity index (χ0n) is 17.2. The van der Waals surface area contributed by atoms with E-state index in [4.69, 9.17) is 20.8 Å². The third-order valence-corrected chi connectivity index (χ3v) is 5.04. The second-order valence-corrected chi connectivity index (χ2v) is 7.42. The summed E-state index contributed by atoms with van der Waals surface area (Å²) >= 11 is 6.01. The molecule has 0 saturated carbocycles. The van der Waals surface area contributed by atoms with E-state index in [-0.39, 0.29) is 23.6 Å². The SMILES string of the molecule is CCOc1ccc(C(=O)Nc2cc(-c3nc4cc(Cl)ccc4o3)ccc2C)cc1[N+](=O)[O-]. The molecule has 1 aromatic heterocycles. The molecule has 0 spiro atoms. The minimum absolute atomic E-state index is 0.114. The second kappa shape index (κ2) is 8.68. The number of oxazole rings is 1. The highest BCUT2D eigenvalue weighted by Gasteiger charge is 2.19. The zero-order valence-corrected chi connectivity index (χ0v) is 18.0. The summed E-state index contributed by atoms with van der Waals surface area (Å²) in [7, 11) is 0. The molecule has 0 aliphatic rings. The smallest absolute Gasteiger partial charge is 0.311 e. The fourth-order valence-electron chi connectivity index (χ4n) is 3.19. The highest BCUT2D eigenvalue weighted by atomic mass is 35.5. The Morgan fingerprint density at radius 2 is 2.00 bits per heavy atom.